The molecule has 0 rings (SSSR count). The van der Waals surface area contributed by atoms with Crippen molar-refractivity contribution < 1.29 is 13.5 Å². The molecule has 0 bridgehead atoms. The van der Waals surface area contributed by atoms with Gasteiger partial charge in [0.05, 0.1) is 11.4 Å². The monoisotopic (exact) mass is 251 g/mol. The van der Waals surface area contributed by atoms with Gasteiger partial charge in [0.15, 0.2) is 0 Å². The van der Waals surface area contributed by atoms with Gasteiger partial charge in [-0.2, -0.15) is 0 Å². The molecule has 0 aliphatic heterocycles. The zero-order valence-corrected chi connectivity index (χ0v) is 11.6. The third-order valence-corrected chi connectivity index (χ3v) is 4.26. The van der Waals surface area contributed by atoms with Crippen molar-refractivity contribution in [1.82, 2.24) is 4.72 Å². The first kappa shape index (κ1) is 15.9. The summed E-state index contributed by atoms with van der Waals surface area (Å²) < 4.78 is 25.7. The van der Waals surface area contributed by atoms with Gasteiger partial charge in [0.2, 0.25) is 10.0 Å². The van der Waals surface area contributed by atoms with Crippen LogP contribution in [-0.2, 0) is 10.0 Å². The molecule has 0 spiro atoms. The molecular formula is C11H25NO3S. The average molecular weight is 251 g/mol. The topological polar surface area (TPSA) is 66.4 Å². The largest absolute Gasteiger partial charge is 0.389 e. The van der Waals surface area contributed by atoms with Crippen LogP contribution in [-0.4, -0.2) is 31.4 Å². The Morgan fingerprint density at radius 1 is 1.25 bits per heavy atom. The van der Waals surface area contributed by atoms with Gasteiger partial charge in [0, 0.05) is 6.54 Å². The molecule has 98 valence electrons. The lowest BCUT2D eigenvalue weighted by molar-refractivity contribution is 0.0377. The molecule has 0 heterocycles. The molecular weight excluding hydrogens is 226 g/mol. The maximum absolute atomic E-state index is 11.6. The fourth-order valence-corrected chi connectivity index (χ4v) is 2.62. The standard InChI is InChI=1S/C11H25NO3S/c1-5-11(13,6-2)9-12-16(14,15)8-7-10(3)4/h10,12-13H,5-9H2,1-4H3. The van der Waals surface area contributed by atoms with Crippen molar-refractivity contribution in [3.8, 4) is 0 Å². The van der Waals surface area contributed by atoms with Gasteiger partial charge < -0.3 is 5.11 Å². The molecule has 16 heavy (non-hydrogen) atoms. The van der Waals surface area contributed by atoms with E-state index < -0.39 is 15.6 Å². The van der Waals surface area contributed by atoms with Crippen LogP contribution in [0, 0.1) is 5.92 Å². The Kier molecular flexibility index (Phi) is 6.51. The van der Waals surface area contributed by atoms with Gasteiger partial charge in [0.25, 0.3) is 0 Å². The highest BCUT2D eigenvalue weighted by Crippen LogP contribution is 2.13. The molecule has 0 unspecified atom stereocenters. The van der Waals surface area contributed by atoms with Crippen LogP contribution < -0.4 is 4.72 Å². The summed E-state index contributed by atoms with van der Waals surface area (Å²) in [5.41, 5.74) is -0.912. The van der Waals surface area contributed by atoms with Crippen molar-refractivity contribution in [2.24, 2.45) is 5.92 Å². The van der Waals surface area contributed by atoms with Crippen molar-refractivity contribution in [3.63, 3.8) is 0 Å². The molecule has 0 aliphatic rings. The summed E-state index contributed by atoms with van der Waals surface area (Å²) in [7, 11) is -3.24. The maximum Gasteiger partial charge on any atom is 0.211 e. The van der Waals surface area contributed by atoms with Crippen LogP contribution in [0.5, 0.6) is 0 Å². The highest BCUT2D eigenvalue weighted by atomic mass is 32.2. The molecule has 0 aromatic heterocycles. The normalized spacial score (nSPS) is 13.4. The van der Waals surface area contributed by atoms with Crippen LogP contribution in [0.3, 0.4) is 0 Å². The fourth-order valence-electron chi connectivity index (χ4n) is 1.21. The van der Waals surface area contributed by atoms with Gasteiger partial charge in [-0.1, -0.05) is 27.7 Å². The Bertz CT molecular complexity index is 282. The van der Waals surface area contributed by atoms with Crippen LogP contribution in [0.4, 0.5) is 0 Å². The van der Waals surface area contributed by atoms with Gasteiger partial charge in [0.1, 0.15) is 0 Å². The smallest absolute Gasteiger partial charge is 0.211 e. The lowest BCUT2D eigenvalue weighted by Crippen LogP contribution is -2.42. The Hall–Kier alpha value is -0.130. The van der Waals surface area contributed by atoms with Crippen LogP contribution in [0.1, 0.15) is 47.0 Å². The van der Waals surface area contributed by atoms with Crippen LogP contribution >= 0.6 is 0 Å². The summed E-state index contributed by atoms with van der Waals surface area (Å²) in [6, 6.07) is 0. The second-order valence-electron chi connectivity index (χ2n) is 4.75. The first-order valence-corrected chi connectivity index (χ1v) is 7.59. The zero-order valence-electron chi connectivity index (χ0n) is 10.8. The predicted molar refractivity (Wildman–Crippen MR) is 66.8 cm³/mol. The van der Waals surface area contributed by atoms with Crippen molar-refractivity contribution in [2.75, 3.05) is 12.3 Å². The van der Waals surface area contributed by atoms with E-state index in [0.29, 0.717) is 25.2 Å². The molecule has 0 fully saturated rings. The van der Waals surface area contributed by atoms with Crippen molar-refractivity contribution in [3.05, 3.63) is 0 Å². The second-order valence-corrected chi connectivity index (χ2v) is 6.68. The Morgan fingerprint density at radius 2 is 1.75 bits per heavy atom. The predicted octanol–water partition coefficient (Wildman–Crippen LogP) is 1.50. The third-order valence-electron chi connectivity index (χ3n) is 2.90. The van der Waals surface area contributed by atoms with E-state index in [1.807, 2.05) is 27.7 Å². The molecule has 0 aromatic carbocycles. The fraction of sp³-hybridized carbons (Fsp3) is 1.00. The van der Waals surface area contributed by atoms with Crippen molar-refractivity contribution >= 4 is 10.0 Å². The SMILES string of the molecule is CCC(O)(CC)CNS(=O)(=O)CCC(C)C. The third kappa shape index (κ3) is 6.45. The summed E-state index contributed by atoms with van der Waals surface area (Å²) in [6.07, 6.45) is 1.75. The van der Waals surface area contributed by atoms with E-state index in [1.54, 1.807) is 0 Å². The number of hydrogen-bond acceptors (Lipinski definition) is 3. The van der Waals surface area contributed by atoms with Crippen LogP contribution in [0.25, 0.3) is 0 Å². The number of rotatable bonds is 8. The second kappa shape index (κ2) is 6.57. The first-order chi connectivity index (χ1) is 7.24. The Morgan fingerprint density at radius 3 is 2.12 bits per heavy atom. The highest BCUT2D eigenvalue weighted by Gasteiger charge is 2.24. The molecule has 5 heteroatoms. The van der Waals surface area contributed by atoms with Crippen LogP contribution in [0.2, 0.25) is 0 Å². The number of nitrogens with one attached hydrogen (secondary N) is 1. The number of aliphatic hydroxyl groups is 1. The molecule has 0 atom stereocenters. The van der Waals surface area contributed by atoms with Crippen LogP contribution in [0.15, 0.2) is 0 Å². The van der Waals surface area contributed by atoms with E-state index in [-0.39, 0.29) is 12.3 Å². The quantitative estimate of drug-likeness (QED) is 0.687. The van der Waals surface area contributed by atoms with Gasteiger partial charge in [-0.15, -0.1) is 0 Å². The van der Waals surface area contributed by atoms with E-state index in [9.17, 15) is 13.5 Å². The van der Waals surface area contributed by atoms with E-state index >= 15 is 0 Å². The summed E-state index contributed by atoms with van der Waals surface area (Å²) >= 11 is 0. The molecule has 0 aromatic rings. The van der Waals surface area contributed by atoms with Gasteiger partial charge in [-0.25, -0.2) is 13.1 Å². The molecule has 2 N–H and O–H groups in total. The van der Waals surface area contributed by atoms with E-state index in [2.05, 4.69) is 4.72 Å². The molecule has 0 saturated carbocycles. The van der Waals surface area contributed by atoms with E-state index in [0.717, 1.165) is 0 Å². The van der Waals surface area contributed by atoms with E-state index in [1.165, 1.54) is 0 Å². The summed E-state index contributed by atoms with van der Waals surface area (Å²) in [5.74, 6) is 0.501. The molecule has 0 radical (unpaired) electrons. The average Bonchev–Trinajstić information content (AvgIpc) is 2.24. The molecule has 0 amide bonds. The highest BCUT2D eigenvalue weighted by molar-refractivity contribution is 7.89. The first-order valence-electron chi connectivity index (χ1n) is 5.94. The van der Waals surface area contributed by atoms with Crippen molar-refractivity contribution in [1.29, 1.82) is 0 Å². The number of sulfonamides is 1. The summed E-state index contributed by atoms with van der Waals surface area (Å²) in [4.78, 5) is 0. The molecule has 0 saturated heterocycles. The Balaban J connectivity index is 4.18. The van der Waals surface area contributed by atoms with E-state index in [4.69, 9.17) is 0 Å². The maximum atomic E-state index is 11.6. The lowest BCUT2D eigenvalue weighted by atomic mass is 9.98. The molecule has 4 nitrogen and oxygen atoms in total. The van der Waals surface area contributed by atoms with Gasteiger partial charge in [-0.05, 0) is 25.2 Å². The zero-order chi connectivity index (χ0) is 12.8. The van der Waals surface area contributed by atoms with Crippen molar-refractivity contribution in [2.45, 2.75) is 52.6 Å². The molecule has 0 aliphatic carbocycles. The lowest BCUT2D eigenvalue weighted by Gasteiger charge is -2.25. The minimum absolute atomic E-state index is 0.112. The Labute approximate surface area is 99.5 Å². The van der Waals surface area contributed by atoms with Gasteiger partial charge in [-0.3, -0.25) is 0 Å². The minimum atomic E-state index is -3.24. The van der Waals surface area contributed by atoms with Gasteiger partial charge >= 0.3 is 0 Å². The number of hydrogen-bond donors (Lipinski definition) is 2. The summed E-state index contributed by atoms with van der Waals surface area (Å²) in [5, 5.41) is 9.94. The summed E-state index contributed by atoms with van der Waals surface area (Å²) in [6.45, 7) is 7.80. The minimum Gasteiger partial charge on any atom is -0.389 e.